The number of aromatic nitrogens is 1. The van der Waals surface area contributed by atoms with E-state index in [4.69, 9.17) is 4.74 Å². The highest BCUT2D eigenvalue weighted by atomic mass is 16.5. The van der Waals surface area contributed by atoms with Crippen LogP contribution in [0.5, 0.6) is 5.75 Å². The first-order valence-electron chi connectivity index (χ1n) is 6.06. The van der Waals surface area contributed by atoms with Gasteiger partial charge in [-0.3, -0.25) is 0 Å². The second kappa shape index (κ2) is 4.61. The number of pyridine rings is 1. The van der Waals surface area contributed by atoms with Crippen molar-refractivity contribution in [1.29, 1.82) is 0 Å². The van der Waals surface area contributed by atoms with Gasteiger partial charge in [0.05, 0.1) is 18.6 Å². The minimum absolute atomic E-state index is 0.594. The molecule has 0 saturated carbocycles. The highest BCUT2D eigenvalue weighted by Gasteiger charge is 2.16. The second-order valence-corrected chi connectivity index (χ2v) is 4.28. The highest BCUT2D eigenvalue weighted by Crippen LogP contribution is 2.28. The zero-order valence-corrected chi connectivity index (χ0v) is 10.5. The molecule has 0 aliphatic rings. The van der Waals surface area contributed by atoms with Gasteiger partial charge in [-0.15, -0.1) is 0 Å². The van der Waals surface area contributed by atoms with Gasteiger partial charge < -0.3 is 9.94 Å². The summed E-state index contributed by atoms with van der Waals surface area (Å²) >= 11 is 0. The van der Waals surface area contributed by atoms with Gasteiger partial charge in [0.2, 0.25) is 11.2 Å². The fourth-order valence-electron chi connectivity index (χ4n) is 2.23. The maximum atomic E-state index is 12.5. The molecular formula is C16H13NO2. The molecule has 3 aromatic rings. The van der Waals surface area contributed by atoms with Crippen LogP contribution in [-0.2, 0) is 0 Å². The van der Waals surface area contributed by atoms with Crippen molar-refractivity contribution in [1.82, 2.24) is 0 Å². The van der Waals surface area contributed by atoms with Crippen LogP contribution in [0.3, 0.4) is 0 Å². The quantitative estimate of drug-likeness (QED) is 0.518. The Labute approximate surface area is 111 Å². The molecule has 0 fully saturated rings. The summed E-state index contributed by atoms with van der Waals surface area (Å²) in [5.74, 6) is 0.710. The summed E-state index contributed by atoms with van der Waals surface area (Å²) in [4.78, 5) is 0. The summed E-state index contributed by atoms with van der Waals surface area (Å²) in [5, 5.41) is 13.3. The van der Waals surface area contributed by atoms with Crippen LogP contribution in [-0.4, -0.2) is 7.11 Å². The number of methoxy groups -OCH3 is 1. The molecule has 0 saturated heterocycles. The number of hydrogen-bond acceptors (Lipinski definition) is 2. The standard InChI is InChI=1S/C16H13NO2/c1-19-16-11-15(12-7-3-2-4-8-12)17(18)14-10-6-5-9-13(14)16/h2-11H,1H3. The normalized spacial score (nSPS) is 10.6. The van der Waals surface area contributed by atoms with Crippen LogP contribution in [0.15, 0.2) is 60.7 Å². The first-order chi connectivity index (χ1) is 9.31. The molecule has 1 heterocycles. The third-order valence-electron chi connectivity index (χ3n) is 3.16. The SMILES string of the molecule is COc1cc(-c2ccccc2)[n+]([O-])c2ccccc12. The average molecular weight is 251 g/mol. The number of ether oxygens (including phenoxy) is 1. The molecule has 0 N–H and O–H groups in total. The third-order valence-corrected chi connectivity index (χ3v) is 3.16. The van der Waals surface area contributed by atoms with Crippen molar-refractivity contribution in [2.24, 2.45) is 0 Å². The Morgan fingerprint density at radius 1 is 0.947 bits per heavy atom. The summed E-state index contributed by atoms with van der Waals surface area (Å²) < 4.78 is 6.34. The molecule has 0 aliphatic carbocycles. The first-order valence-corrected chi connectivity index (χ1v) is 6.06. The Kier molecular flexibility index (Phi) is 2.80. The van der Waals surface area contributed by atoms with Crippen LogP contribution in [0.4, 0.5) is 0 Å². The number of rotatable bonds is 2. The van der Waals surface area contributed by atoms with E-state index in [0.29, 0.717) is 17.0 Å². The molecule has 2 aromatic carbocycles. The minimum atomic E-state index is 0.594. The lowest BCUT2D eigenvalue weighted by atomic mass is 10.1. The highest BCUT2D eigenvalue weighted by molar-refractivity contribution is 5.84. The summed E-state index contributed by atoms with van der Waals surface area (Å²) in [5.41, 5.74) is 2.08. The zero-order valence-electron chi connectivity index (χ0n) is 10.5. The van der Waals surface area contributed by atoms with Gasteiger partial charge in [0.25, 0.3) is 0 Å². The molecule has 19 heavy (non-hydrogen) atoms. The van der Waals surface area contributed by atoms with E-state index in [1.165, 1.54) is 0 Å². The summed E-state index contributed by atoms with van der Waals surface area (Å²) in [6, 6.07) is 18.8. The Hall–Kier alpha value is -2.55. The number of hydrogen-bond donors (Lipinski definition) is 0. The topological polar surface area (TPSA) is 36.2 Å². The summed E-state index contributed by atoms with van der Waals surface area (Å²) in [7, 11) is 1.62. The number of nitrogens with zero attached hydrogens (tertiary/aromatic N) is 1. The van der Waals surface area contributed by atoms with Crippen LogP contribution < -0.4 is 9.47 Å². The van der Waals surface area contributed by atoms with Gasteiger partial charge in [-0.25, -0.2) is 0 Å². The van der Waals surface area contributed by atoms with Crippen LogP contribution in [0.2, 0.25) is 0 Å². The summed E-state index contributed by atoms with van der Waals surface area (Å²) in [6.45, 7) is 0. The van der Waals surface area contributed by atoms with Gasteiger partial charge in [-0.05, 0) is 18.2 Å². The van der Waals surface area contributed by atoms with Crippen molar-refractivity contribution in [2.45, 2.75) is 0 Å². The van der Waals surface area contributed by atoms with Crippen molar-refractivity contribution < 1.29 is 9.47 Å². The molecule has 3 nitrogen and oxygen atoms in total. The van der Waals surface area contributed by atoms with Crippen molar-refractivity contribution in [2.75, 3.05) is 7.11 Å². The van der Waals surface area contributed by atoms with Crippen molar-refractivity contribution in [3.05, 3.63) is 65.9 Å². The van der Waals surface area contributed by atoms with E-state index in [9.17, 15) is 5.21 Å². The zero-order chi connectivity index (χ0) is 13.2. The van der Waals surface area contributed by atoms with E-state index >= 15 is 0 Å². The van der Waals surface area contributed by atoms with Crippen molar-refractivity contribution in [3.63, 3.8) is 0 Å². The second-order valence-electron chi connectivity index (χ2n) is 4.28. The molecule has 1 aromatic heterocycles. The average Bonchev–Trinajstić information content (AvgIpc) is 2.49. The molecule has 0 radical (unpaired) electrons. The van der Waals surface area contributed by atoms with E-state index < -0.39 is 0 Å². The first kappa shape index (κ1) is 11.5. The van der Waals surface area contributed by atoms with Crippen LogP contribution in [0, 0.1) is 5.21 Å². The molecule has 0 unspecified atom stereocenters. The summed E-state index contributed by atoms with van der Waals surface area (Å²) in [6.07, 6.45) is 0. The number of para-hydroxylation sites is 1. The Morgan fingerprint density at radius 3 is 2.37 bits per heavy atom. The predicted octanol–water partition coefficient (Wildman–Crippen LogP) is 3.15. The van der Waals surface area contributed by atoms with Crippen molar-refractivity contribution in [3.8, 4) is 17.0 Å². The van der Waals surface area contributed by atoms with Crippen LogP contribution in [0.1, 0.15) is 0 Å². The lowest BCUT2D eigenvalue weighted by Gasteiger charge is -2.11. The predicted molar refractivity (Wildman–Crippen MR) is 74.9 cm³/mol. The van der Waals surface area contributed by atoms with E-state index in [0.717, 1.165) is 15.7 Å². The maximum absolute atomic E-state index is 12.5. The van der Waals surface area contributed by atoms with Crippen LogP contribution in [0.25, 0.3) is 22.2 Å². The molecule has 0 aliphatic heterocycles. The van der Waals surface area contributed by atoms with E-state index in [1.54, 1.807) is 19.2 Å². The van der Waals surface area contributed by atoms with Gasteiger partial charge in [-0.1, -0.05) is 30.3 Å². The van der Waals surface area contributed by atoms with Gasteiger partial charge in [0, 0.05) is 11.6 Å². The molecule has 0 spiro atoms. The van der Waals surface area contributed by atoms with Gasteiger partial charge in [-0.2, -0.15) is 4.73 Å². The largest absolute Gasteiger partial charge is 0.618 e. The van der Waals surface area contributed by atoms with Crippen molar-refractivity contribution >= 4 is 10.9 Å². The van der Waals surface area contributed by atoms with E-state index in [1.807, 2.05) is 48.5 Å². The molecule has 0 bridgehead atoms. The number of fused-ring (bicyclic) bond motifs is 1. The third kappa shape index (κ3) is 1.89. The molecule has 3 rings (SSSR count). The van der Waals surface area contributed by atoms with Gasteiger partial charge in [0.1, 0.15) is 5.75 Å². The molecule has 94 valence electrons. The lowest BCUT2D eigenvalue weighted by molar-refractivity contribution is -0.565. The Balaban J connectivity index is 2.35. The van der Waals surface area contributed by atoms with E-state index in [2.05, 4.69) is 0 Å². The fraction of sp³-hybridized carbons (Fsp3) is 0.0625. The minimum Gasteiger partial charge on any atom is -0.618 e. The Bertz CT molecular complexity index is 723. The lowest BCUT2D eigenvalue weighted by Crippen LogP contribution is -2.30. The van der Waals surface area contributed by atoms with Gasteiger partial charge in [0.15, 0.2) is 0 Å². The fourth-order valence-corrected chi connectivity index (χ4v) is 2.23. The molecular weight excluding hydrogens is 238 g/mol. The molecule has 3 heteroatoms. The van der Waals surface area contributed by atoms with E-state index in [-0.39, 0.29) is 0 Å². The number of benzene rings is 2. The molecule has 0 amide bonds. The monoisotopic (exact) mass is 251 g/mol. The van der Waals surface area contributed by atoms with Crippen LogP contribution >= 0.6 is 0 Å². The Morgan fingerprint density at radius 2 is 1.63 bits per heavy atom. The maximum Gasteiger partial charge on any atom is 0.228 e. The van der Waals surface area contributed by atoms with Gasteiger partial charge >= 0.3 is 0 Å². The smallest absolute Gasteiger partial charge is 0.228 e. The molecule has 0 atom stereocenters.